The number of nitrogens with zero attached hydrogens (tertiary/aromatic N) is 2. The average molecular weight is 555 g/mol. The third-order valence-electron chi connectivity index (χ3n) is 6.93. The Hall–Kier alpha value is -3.63. The Morgan fingerprint density at radius 2 is 1.87 bits per heavy atom. The Morgan fingerprint density at radius 3 is 2.56 bits per heavy atom. The Labute approximate surface area is 229 Å². The summed E-state index contributed by atoms with van der Waals surface area (Å²) >= 11 is 0. The maximum atomic E-state index is 13.7. The number of furan rings is 1. The van der Waals surface area contributed by atoms with Crippen molar-refractivity contribution in [2.24, 2.45) is 0 Å². The summed E-state index contributed by atoms with van der Waals surface area (Å²) in [6.07, 6.45) is 0.339. The van der Waals surface area contributed by atoms with Crippen LogP contribution in [0.5, 0.6) is 5.75 Å². The van der Waals surface area contributed by atoms with Gasteiger partial charge in [-0.3, -0.25) is 9.59 Å². The summed E-state index contributed by atoms with van der Waals surface area (Å²) in [5.41, 5.74) is 2.44. The zero-order valence-corrected chi connectivity index (χ0v) is 23.7. The molecule has 0 saturated heterocycles. The third-order valence-corrected chi connectivity index (χ3v) is 8.78. The second-order valence-corrected chi connectivity index (χ2v) is 11.7. The number of para-hydroxylation sites is 1. The first-order chi connectivity index (χ1) is 18.5. The number of ether oxygens (including phenoxy) is 2. The van der Waals surface area contributed by atoms with E-state index in [1.165, 1.54) is 16.3 Å². The van der Waals surface area contributed by atoms with Gasteiger partial charge in [-0.05, 0) is 54.3 Å². The molecule has 0 radical (unpaired) electrons. The quantitative estimate of drug-likeness (QED) is 0.381. The van der Waals surface area contributed by atoms with E-state index in [2.05, 4.69) is 0 Å². The molecule has 0 spiro atoms. The topological polar surface area (TPSA) is 106 Å². The minimum Gasteiger partial charge on any atom is -0.488 e. The van der Waals surface area contributed by atoms with Gasteiger partial charge in [-0.15, -0.1) is 0 Å². The van der Waals surface area contributed by atoms with Gasteiger partial charge in [0.05, 0.1) is 26.0 Å². The Kier molecular flexibility index (Phi) is 8.46. The summed E-state index contributed by atoms with van der Waals surface area (Å²) in [7, 11) is 0.753. The van der Waals surface area contributed by atoms with Gasteiger partial charge in [0.1, 0.15) is 22.5 Å². The van der Waals surface area contributed by atoms with Crippen LogP contribution in [0.4, 0.5) is 0 Å². The van der Waals surface area contributed by atoms with Gasteiger partial charge in [0.25, 0.3) is 5.91 Å². The number of carbonyl (C=O) groups excluding carboxylic acids is 2. The van der Waals surface area contributed by atoms with E-state index in [0.717, 1.165) is 16.7 Å². The maximum absolute atomic E-state index is 13.7. The molecule has 1 aliphatic rings. The van der Waals surface area contributed by atoms with Gasteiger partial charge in [-0.2, -0.15) is 4.31 Å². The molecular formula is C29H34N2O7S. The van der Waals surface area contributed by atoms with Crippen LogP contribution in [0.3, 0.4) is 0 Å². The van der Waals surface area contributed by atoms with Crippen LogP contribution in [0.2, 0.25) is 0 Å². The molecule has 0 fully saturated rings. The molecule has 1 aliphatic heterocycles. The van der Waals surface area contributed by atoms with Crippen LogP contribution in [0.25, 0.3) is 0 Å². The minimum absolute atomic E-state index is 0.0107. The number of methoxy groups -OCH3 is 1. The van der Waals surface area contributed by atoms with Gasteiger partial charge in [0.15, 0.2) is 5.76 Å². The molecule has 208 valence electrons. The van der Waals surface area contributed by atoms with Crippen LogP contribution in [-0.2, 0) is 26.1 Å². The molecule has 39 heavy (non-hydrogen) atoms. The number of benzene rings is 2. The second-order valence-electron chi connectivity index (χ2n) is 9.81. The molecule has 3 aromatic rings. The Morgan fingerprint density at radius 1 is 1.13 bits per heavy atom. The van der Waals surface area contributed by atoms with Gasteiger partial charge in [0, 0.05) is 20.6 Å². The Bertz CT molecular complexity index is 1460. The summed E-state index contributed by atoms with van der Waals surface area (Å²) in [5.74, 6) is -0.297. The van der Waals surface area contributed by atoms with Gasteiger partial charge >= 0.3 is 5.97 Å². The largest absolute Gasteiger partial charge is 0.488 e. The maximum Gasteiger partial charge on any atom is 0.306 e. The fourth-order valence-corrected chi connectivity index (χ4v) is 6.15. The SMILES string of the molecule is CC[C@@H]1CN(Cc2cc(C(CC(=O)OC)c3ccc(C(=O)N(C)C)o3)ccc2C)S(=O)(=O)c2ccccc2O1. The van der Waals surface area contributed by atoms with Crippen LogP contribution < -0.4 is 4.74 Å². The first kappa shape index (κ1) is 28.4. The molecule has 10 heteroatoms. The second kappa shape index (κ2) is 11.6. The van der Waals surface area contributed by atoms with E-state index in [4.69, 9.17) is 13.9 Å². The summed E-state index contributed by atoms with van der Waals surface area (Å²) in [4.78, 5) is 26.3. The number of hydrogen-bond acceptors (Lipinski definition) is 7. The fraction of sp³-hybridized carbons (Fsp3) is 0.379. The van der Waals surface area contributed by atoms with E-state index >= 15 is 0 Å². The monoisotopic (exact) mass is 554 g/mol. The molecule has 0 saturated carbocycles. The molecule has 2 atom stereocenters. The number of rotatable bonds is 8. The van der Waals surface area contributed by atoms with Crippen LogP contribution >= 0.6 is 0 Å². The van der Waals surface area contributed by atoms with Gasteiger partial charge in [-0.25, -0.2) is 8.42 Å². The van der Waals surface area contributed by atoms with E-state index in [0.29, 0.717) is 17.9 Å². The lowest BCUT2D eigenvalue weighted by molar-refractivity contribution is -0.140. The van der Waals surface area contributed by atoms with Crippen molar-refractivity contribution < 1.29 is 31.9 Å². The van der Waals surface area contributed by atoms with Crippen LogP contribution in [-0.4, -0.2) is 63.4 Å². The summed E-state index contributed by atoms with van der Waals surface area (Å²) in [6, 6.07) is 15.6. The third kappa shape index (κ3) is 6.02. The number of amides is 1. The molecule has 1 unspecified atom stereocenters. The van der Waals surface area contributed by atoms with Gasteiger partial charge < -0.3 is 18.8 Å². The summed E-state index contributed by atoms with van der Waals surface area (Å²) in [5, 5.41) is 0. The first-order valence-corrected chi connectivity index (χ1v) is 14.2. The van der Waals surface area contributed by atoms with Crippen molar-refractivity contribution in [1.82, 2.24) is 9.21 Å². The zero-order chi connectivity index (χ0) is 28.3. The summed E-state index contributed by atoms with van der Waals surface area (Å²) in [6.45, 7) is 4.22. The molecule has 4 rings (SSSR count). The molecule has 0 N–H and O–H groups in total. The van der Waals surface area contributed by atoms with Crippen LogP contribution in [0.15, 0.2) is 63.9 Å². The predicted octanol–water partition coefficient (Wildman–Crippen LogP) is 4.35. The van der Waals surface area contributed by atoms with E-state index < -0.39 is 21.9 Å². The van der Waals surface area contributed by atoms with Crippen LogP contribution in [0.1, 0.15) is 58.7 Å². The number of esters is 1. The van der Waals surface area contributed by atoms with Gasteiger partial charge in [0.2, 0.25) is 10.0 Å². The number of sulfonamides is 1. The van der Waals surface area contributed by atoms with Crippen molar-refractivity contribution in [3.63, 3.8) is 0 Å². The molecular weight excluding hydrogens is 520 g/mol. The van der Waals surface area contributed by atoms with Crippen molar-refractivity contribution in [3.05, 3.63) is 82.8 Å². The van der Waals surface area contributed by atoms with Crippen molar-refractivity contribution in [1.29, 1.82) is 0 Å². The highest BCUT2D eigenvalue weighted by atomic mass is 32.2. The lowest BCUT2D eigenvalue weighted by atomic mass is 9.90. The van der Waals surface area contributed by atoms with Crippen molar-refractivity contribution in [3.8, 4) is 5.75 Å². The minimum atomic E-state index is -3.83. The number of fused-ring (bicyclic) bond motifs is 1. The fourth-order valence-electron chi connectivity index (χ4n) is 4.58. The zero-order valence-electron chi connectivity index (χ0n) is 22.8. The first-order valence-electron chi connectivity index (χ1n) is 12.8. The molecule has 0 bridgehead atoms. The van der Waals surface area contributed by atoms with E-state index in [9.17, 15) is 18.0 Å². The predicted molar refractivity (Wildman–Crippen MR) is 145 cm³/mol. The van der Waals surface area contributed by atoms with E-state index in [1.54, 1.807) is 50.5 Å². The highest BCUT2D eigenvalue weighted by Gasteiger charge is 2.34. The van der Waals surface area contributed by atoms with Crippen molar-refractivity contribution in [2.45, 2.75) is 50.2 Å². The Balaban J connectivity index is 1.72. The van der Waals surface area contributed by atoms with Crippen LogP contribution in [0, 0.1) is 6.92 Å². The highest BCUT2D eigenvalue weighted by molar-refractivity contribution is 7.89. The lowest BCUT2D eigenvalue weighted by Gasteiger charge is -2.24. The van der Waals surface area contributed by atoms with Gasteiger partial charge in [-0.1, -0.05) is 37.3 Å². The normalized spacial score (nSPS) is 17.4. The highest BCUT2D eigenvalue weighted by Crippen LogP contribution is 2.35. The molecule has 9 nitrogen and oxygen atoms in total. The number of carbonyl (C=O) groups is 2. The van der Waals surface area contributed by atoms with Crippen molar-refractivity contribution in [2.75, 3.05) is 27.7 Å². The molecule has 2 heterocycles. The number of aryl methyl sites for hydroxylation is 1. The number of hydrogen-bond donors (Lipinski definition) is 0. The lowest BCUT2D eigenvalue weighted by Crippen LogP contribution is -2.36. The van der Waals surface area contributed by atoms with E-state index in [1.807, 2.05) is 32.0 Å². The van der Waals surface area contributed by atoms with E-state index in [-0.39, 0.29) is 42.2 Å². The van der Waals surface area contributed by atoms with Crippen molar-refractivity contribution >= 4 is 21.9 Å². The molecule has 2 aromatic carbocycles. The standard InChI is InChI=1S/C29H34N2O7S/c1-6-22-18-31(39(34,35)27-10-8-7-9-25(27)37-22)17-21-15-20(12-11-19(21)2)23(16-28(32)36-5)24-13-14-26(38-24)29(33)30(3)4/h7-15,22-23H,6,16-18H2,1-5H3/t22-,23?/m1/s1. The molecule has 1 aromatic heterocycles. The smallest absolute Gasteiger partial charge is 0.306 e. The summed E-state index contributed by atoms with van der Waals surface area (Å²) < 4.78 is 45.7. The molecule has 0 aliphatic carbocycles. The molecule has 1 amide bonds. The average Bonchev–Trinajstić information content (AvgIpc) is 3.37.